The van der Waals surface area contributed by atoms with E-state index in [9.17, 15) is 9.59 Å². The van der Waals surface area contributed by atoms with Crippen molar-refractivity contribution in [1.29, 1.82) is 0 Å². The monoisotopic (exact) mass is 463 g/mol. The van der Waals surface area contributed by atoms with Crippen molar-refractivity contribution >= 4 is 39.4 Å². The molecule has 180 valence electrons. The van der Waals surface area contributed by atoms with Crippen LogP contribution in [0.15, 0.2) is 45.6 Å². The molecule has 34 heavy (non-hydrogen) atoms. The summed E-state index contributed by atoms with van der Waals surface area (Å²) in [4.78, 5) is 31.9. The molecule has 0 radical (unpaired) electrons. The third kappa shape index (κ3) is 4.56. The molecular weight excluding hydrogens is 430 g/mol. The fourth-order valence-corrected chi connectivity index (χ4v) is 4.85. The highest BCUT2D eigenvalue weighted by molar-refractivity contribution is 5.92. The van der Waals surface area contributed by atoms with E-state index in [1.54, 1.807) is 4.90 Å². The molecule has 1 amide bonds. The van der Waals surface area contributed by atoms with Crippen molar-refractivity contribution in [2.45, 2.75) is 45.6 Å². The summed E-state index contributed by atoms with van der Waals surface area (Å²) in [5, 5.41) is 1.21. The maximum absolute atomic E-state index is 13.1. The van der Waals surface area contributed by atoms with Crippen molar-refractivity contribution < 1.29 is 13.9 Å². The maximum Gasteiger partial charge on any atom is 0.410 e. The summed E-state index contributed by atoms with van der Waals surface area (Å²) >= 11 is 0. The van der Waals surface area contributed by atoms with Crippen LogP contribution in [0.1, 0.15) is 40.0 Å². The number of benzene rings is 2. The number of hydrogen-bond donors (Lipinski definition) is 0. The van der Waals surface area contributed by atoms with Crippen LogP contribution in [-0.4, -0.2) is 55.9 Å². The summed E-state index contributed by atoms with van der Waals surface area (Å²) in [6, 6.07) is 11.7. The van der Waals surface area contributed by atoms with Crippen molar-refractivity contribution in [2.24, 2.45) is 0 Å². The number of hydrogen-bond acceptors (Lipinski definition) is 6. The number of ether oxygens (including phenoxy) is 1. The largest absolute Gasteiger partial charge is 0.456 e. The number of anilines is 2. The normalized spacial score (nSPS) is 17.4. The van der Waals surface area contributed by atoms with Crippen molar-refractivity contribution in [3.63, 3.8) is 0 Å². The lowest BCUT2D eigenvalue weighted by atomic mass is 10.1. The lowest BCUT2D eigenvalue weighted by molar-refractivity contribution is 0.0240. The van der Waals surface area contributed by atoms with Gasteiger partial charge in [-0.15, -0.1) is 0 Å². The molecule has 0 saturated carbocycles. The average molecular weight is 464 g/mol. The average Bonchev–Trinajstić information content (AvgIpc) is 2.83. The quantitative estimate of drug-likeness (QED) is 0.499. The third-order valence-corrected chi connectivity index (χ3v) is 6.66. The molecule has 2 aliphatic rings. The Balaban J connectivity index is 1.38. The number of piperidine rings is 1. The van der Waals surface area contributed by atoms with Gasteiger partial charge in [0, 0.05) is 62.8 Å². The number of carbonyl (C=O) groups excluding carboxylic acids is 1. The van der Waals surface area contributed by atoms with Gasteiger partial charge in [0.1, 0.15) is 16.8 Å². The minimum absolute atomic E-state index is 0.00254. The molecule has 2 saturated heterocycles. The second-order valence-corrected chi connectivity index (χ2v) is 10.3. The van der Waals surface area contributed by atoms with Gasteiger partial charge in [0.15, 0.2) is 0 Å². The molecule has 0 aliphatic carbocycles. The number of fused-ring (bicyclic) bond motifs is 2. The van der Waals surface area contributed by atoms with Crippen molar-refractivity contribution in [3.05, 3.63) is 46.6 Å². The van der Waals surface area contributed by atoms with E-state index < -0.39 is 5.60 Å². The third-order valence-electron chi connectivity index (χ3n) is 6.66. The number of amides is 1. The molecule has 2 fully saturated rings. The molecule has 0 atom stereocenters. The molecule has 1 aromatic heterocycles. The van der Waals surface area contributed by atoms with Gasteiger partial charge in [-0.05, 0) is 64.3 Å². The Morgan fingerprint density at radius 2 is 1.32 bits per heavy atom. The standard InChI is InChI=1S/C27H33N3O4/c1-27(2,3)34-26(32)30-15-13-29(14-16-30)20-8-10-22-24(18-20)33-23-17-19(7-9-21(23)25(22)31)28-11-5-4-6-12-28/h7-10,17-18H,4-6,11-16H2,1-3H3. The summed E-state index contributed by atoms with van der Waals surface area (Å²) in [5.74, 6) is 0. The first-order chi connectivity index (χ1) is 16.3. The zero-order valence-electron chi connectivity index (χ0n) is 20.3. The van der Waals surface area contributed by atoms with E-state index in [1.165, 1.54) is 19.3 Å². The van der Waals surface area contributed by atoms with Crippen LogP contribution in [0.2, 0.25) is 0 Å². The van der Waals surface area contributed by atoms with Crippen LogP contribution < -0.4 is 15.2 Å². The van der Waals surface area contributed by atoms with Crippen LogP contribution >= 0.6 is 0 Å². The smallest absolute Gasteiger partial charge is 0.410 e. The zero-order valence-corrected chi connectivity index (χ0v) is 20.3. The van der Waals surface area contributed by atoms with Gasteiger partial charge in [-0.25, -0.2) is 4.79 Å². The van der Waals surface area contributed by atoms with Crippen LogP contribution in [0.4, 0.5) is 16.2 Å². The predicted octanol–water partition coefficient (Wildman–Crippen LogP) is 4.99. The molecular formula is C27H33N3O4. The summed E-state index contributed by atoms with van der Waals surface area (Å²) < 4.78 is 11.8. The topological polar surface area (TPSA) is 66.2 Å². The first-order valence-corrected chi connectivity index (χ1v) is 12.3. The second kappa shape index (κ2) is 8.85. The van der Waals surface area contributed by atoms with Crippen molar-refractivity contribution in [2.75, 3.05) is 49.1 Å². The SMILES string of the molecule is CC(C)(C)OC(=O)N1CCN(c2ccc3c(=O)c4ccc(N5CCCCC5)cc4oc3c2)CC1. The minimum atomic E-state index is -0.499. The van der Waals surface area contributed by atoms with Gasteiger partial charge in [0.2, 0.25) is 5.43 Å². The minimum Gasteiger partial charge on any atom is -0.456 e. The Labute approximate surface area is 199 Å². The van der Waals surface area contributed by atoms with Crippen LogP contribution in [0.3, 0.4) is 0 Å². The van der Waals surface area contributed by atoms with Gasteiger partial charge in [-0.3, -0.25) is 4.79 Å². The van der Waals surface area contributed by atoms with Gasteiger partial charge < -0.3 is 23.9 Å². The van der Waals surface area contributed by atoms with Crippen LogP contribution in [0.5, 0.6) is 0 Å². The molecule has 0 unspecified atom stereocenters. The first-order valence-electron chi connectivity index (χ1n) is 12.3. The van der Waals surface area contributed by atoms with E-state index in [1.807, 2.05) is 57.2 Å². The van der Waals surface area contributed by atoms with Crippen LogP contribution in [-0.2, 0) is 4.74 Å². The highest BCUT2D eigenvalue weighted by Crippen LogP contribution is 2.28. The fourth-order valence-electron chi connectivity index (χ4n) is 4.85. The van der Waals surface area contributed by atoms with Gasteiger partial charge in [0.05, 0.1) is 10.8 Å². The molecule has 0 spiro atoms. The Morgan fingerprint density at radius 3 is 1.85 bits per heavy atom. The first kappa shape index (κ1) is 22.6. The second-order valence-electron chi connectivity index (χ2n) is 10.3. The number of carbonyl (C=O) groups is 1. The summed E-state index contributed by atoms with van der Waals surface area (Å²) in [7, 11) is 0. The molecule has 3 aromatic rings. The van der Waals surface area contributed by atoms with E-state index in [0.717, 1.165) is 24.5 Å². The number of rotatable bonds is 2. The van der Waals surface area contributed by atoms with E-state index >= 15 is 0 Å². The van der Waals surface area contributed by atoms with E-state index in [0.29, 0.717) is 48.1 Å². The Kier molecular flexibility index (Phi) is 5.88. The van der Waals surface area contributed by atoms with E-state index in [-0.39, 0.29) is 11.5 Å². The van der Waals surface area contributed by atoms with Gasteiger partial charge in [-0.2, -0.15) is 0 Å². The molecule has 0 N–H and O–H groups in total. The summed E-state index contributed by atoms with van der Waals surface area (Å²) in [6.45, 7) is 10.3. The lowest BCUT2D eigenvalue weighted by Crippen LogP contribution is -2.50. The van der Waals surface area contributed by atoms with Gasteiger partial charge in [-0.1, -0.05) is 0 Å². The Hall–Kier alpha value is -3.22. The Morgan fingerprint density at radius 1 is 0.794 bits per heavy atom. The zero-order chi connectivity index (χ0) is 23.9. The summed E-state index contributed by atoms with van der Waals surface area (Å²) in [6.07, 6.45) is 3.40. The fraction of sp³-hybridized carbons (Fsp3) is 0.481. The summed E-state index contributed by atoms with van der Waals surface area (Å²) in [5.41, 5.74) is 2.84. The Bertz CT molecular complexity index is 1260. The predicted molar refractivity (Wildman–Crippen MR) is 136 cm³/mol. The lowest BCUT2D eigenvalue weighted by Gasteiger charge is -2.36. The maximum atomic E-state index is 13.1. The van der Waals surface area contributed by atoms with Crippen molar-refractivity contribution in [1.82, 2.24) is 4.90 Å². The van der Waals surface area contributed by atoms with Gasteiger partial charge >= 0.3 is 6.09 Å². The molecule has 5 rings (SSSR count). The van der Waals surface area contributed by atoms with E-state index in [2.05, 4.69) is 9.80 Å². The van der Waals surface area contributed by atoms with Crippen LogP contribution in [0, 0.1) is 0 Å². The van der Waals surface area contributed by atoms with E-state index in [4.69, 9.17) is 9.15 Å². The van der Waals surface area contributed by atoms with Crippen molar-refractivity contribution in [3.8, 4) is 0 Å². The molecule has 3 heterocycles. The number of nitrogens with zero attached hydrogens (tertiary/aromatic N) is 3. The molecule has 2 aliphatic heterocycles. The molecule has 7 heteroatoms. The molecule has 2 aromatic carbocycles. The van der Waals surface area contributed by atoms with Crippen LogP contribution in [0.25, 0.3) is 21.9 Å². The molecule has 7 nitrogen and oxygen atoms in total. The highest BCUT2D eigenvalue weighted by atomic mass is 16.6. The number of piperazine rings is 1. The molecule has 0 bridgehead atoms. The highest BCUT2D eigenvalue weighted by Gasteiger charge is 2.26. The van der Waals surface area contributed by atoms with Gasteiger partial charge in [0.25, 0.3) is 0 Å².